The zero-order chi connectivity index (χ0) is 17.1. The number of nitriles is 1. The van der Waals surface area contributed by atoms with Crippen LogP contribution < -0.4 is 0 Å². The lowest BCUT2D eigenvalue weighted by Gasteiger charge is -2.21. The van der Waals surface area contributed by atoms with Crippen molar-refractivity contribution in [3.8, 4) is 6.07 Å². The van der Waals surface area contributed by atoms with Crippen molar-refractivity contribution in [2.24, 2.45) is 5.92 Å². The molecule has 1 aromatic carbocycles. The molecule has 1 unspecified atom stereocenters. The zero-order valence-electron chi connectivity index (χ0n) is 13.5. The second-order valence-corrected chi connectivity index (χ2v) is 7.16. The molecule has 3 rings (SSSR count). The molecule has 5 heteroatoms. The predicted molar refractivity (Wildman–Crippen MR) is 93.1 cm³/mol. The molecular weight excluding hydrogens is 320 g/mol. The topological polar surface area (TPSA) is 74.0 Å². The van der Waals surface area contributed by atoms with Gasteiger partial charge in [-0.3, -0.25) is 0 Å². The van der Waals surface area contributed by atoms with Crippen molar-refractivity contribution in [2.75, 3.05) is 0 Å². The van der Waals surface area contributed by atoms with Crippen LogP contribution in [0.2, 0.25) is 0 Å². The molecule has 1 N–H and O–H groups in total. The number of aryl methyl sites for hydroxylation is 1. The Morgan fingerprint density at radius 2 is 2.17 bits per heavy atom. The van der Waals surface area contributed by atoms with E-state index in [4.69, 9.17) is 10.1 Å². The maximum atomic E-state index is 10.9. The minimum atomic E-state index is -0.924. The molecule has 1 aromatic heterocycles. The van der Waals surface area contributed by atoms with Crippen molar-refractivity contribution >= 4 is 17.7 Å². The van der Waals surface area contributed by atoms with Crippen LogP contribution in [0.3, 0.4) is 0 Å². The summed E-state index contributed by atoms with van der Waals surface area (Å²) >= 11 is 1.53. The lowest BCUT2D eigenvalue weighted by atomic mass is 9.87. The summed E-state index contributed by atoms with van der Waals surface area (Å²) in [6, 6.07) is 11.1. The Morgan fingerprint density at radius 3 is 2.83 bits per heavy atom. The highest BCUT2D eigenvalue weighted by Crippen LogP contribution is 2.30. The van der Waals surface area contributed by atoms with Crippen molar-refractivity contribution in [1.82, 2.24) is 4.98 Å². The minimum Gasteiger partial charge on any atom is -0.478 e. The van der Waals surface area contributed by atoms with Crippen LogP contribution in [0.4, 0.5) is 0 Å². The summed E-state index contributed by atoms with van der Waals surface area (Å²) in [7, 11) is 0. The summed E-state index contributed by atoms with van der Waals surface area (Å²) in [4.78, 5) is 15.6. The van der Waals surface area contributed by atoms with E-state index in [-0.39, 0.29) is 5.56 Å². The number of pyridine rings is 1. The maximum Gasteiger partial charge on any atom is 0.335 e. The van der Waals surface area contributed by atoms with Crippen molar-refractivity contribution in [3.05, 3.63) is 58.3 Å². The van der Waals surface area contributed by atoms with E-state index in [2.05, 4.69) is 13.0 Å². The first-order valence-corrected chi connectivity index (χ1v) is 8.93. The molecule has 0 bridgehead atoms. The van der Waals surface area contributed by atoms with Gasteiger partial charge in [-0.15, -0.1) is 11.8 Å². The van der Waals surface area contributed by atoms with Crippen molar-refractivity contribution in [3.63, 3.8) is 0 Å². The highest BCUT2D eigenvalue weighted by Gasteiger charge is 2.19. The SMILES string of the molecule is CC1CCc2nc(SCc3ccc(C(=O)O)cc3)c(C#N)cc2C1. The van der Waals surface area contributed by atoms with Gasteiger partial charge in [-0.05, 0) is 54.5 Å². The fourth-order valence-electron chi connectivity index (χ4n) is 2.91. The number of nitrogens with zero attached hydrogens (tertiary/aromatic N) is 2. The van der Waals surface area contributed by atoms with Gasteiger partial charge in [0, 0.05) is 11.4 Å². The number of aromatic carboxylic acids is 1. The molecule has 2 aromatic rings. The Bertz CT molecular complexity index is 809. The van der Waals surface area contributed by atoms with Gasteiger partial charge in [-0.2, -0.15) is 5.26 Å². The van der Waals surface area contributed by atoms with Crippen LogP contribution >= 0.6 is 11.8 Å². The molecule has 0 saturated heterocycles. The number of carbonyl (C=O) groups is 1. The molecule has 0 amide bonds. The number of hydrogen-bond donors (Lipinski definition) is 1. The van der Waals surface area contributed by atoms with E-state index >= 15 is 0 Å². The van der Waals surface area contributed by atoms with Gasteiger partial charge in [0.1, 0.15) is 11.1 Å². The molecule has 1 heterocycles. The quantitative estimate of drug-likeness (QED) is 0.851. The summed E-state index contributed by atoms with van der Waals surface area (Å²) in [6.45, 7) is 2.23. The van der Waals surface area contributed by atoms with Gasteiger partial charge >= 0.3 is 5.97 Å². The van der Waals surface area contributed by atoms with Crippen LogP contribution in [0.25, 0.3) is 0 Å². The van der Waals surface area contributed by atoms with Crippen LogP contribution in [-0.2, 0) is 18.6 Å². The Balaban J connectivity index is 1.77. The molecule has 0 aliphatic heterocycles. The summed E-state index contributed by atoms with van der Waals surface area (Å²) in [5, 5.41) is 19.1. The Labute approximate surface area is 145 Å². The van der Waals surface area contributed by atoms with E-state index in [1.54, 1.807) is 12.1 Å². The summed E-state index contributed by atoms with van der Waals surface area (Å²) < 4.78 is 0. The number of hydrogen-bond acceptors (Lipinski definition) is 4. The monoisotopic (exact) mass is 338 g/mol. The average Bonchev–Trinajstić information content (AvgIpc) is 2.59. The van der Waals surface area contributed by atoms with Crippen LogP contribution in [0.1, 0.15) is 46.1 Å². The molecule has 0 spiro atoms. The van der Waals surface area contributed by atoms with Crippen LogP contribution in [0.15, 0.2) is 35.4 Å². The third-order valence-electron chi connectivity index (χ3n) is 4.30. The lowest BCUT2D eigenvalue weighted by Crippen LogP contribution is -2.14. The molecule has 4 nitrogen and oxygen atoms in total. The molecule has 24 heavy (non-hydrogen) atoms. The van der Waals surface area contributed by atoms with Crippen molar-refractivity contribution in [1.29, 1.82) is 5.26 Å². The van der Waals surface area contributed by atoms with Crippen molar-refractivity contribution < 1.29 is 9.90 Å². The Morgan fingerprint density at radius 1 is 1.42 bits per heavy atom. The first-order valence-electron chi connectivity index (χ1n) is 7.94. The van der Waals surface area contributed by atoms with E-state index in [0.29, 0.717) is 17.2 Å². The smallest absolute Gasteiger partial charge is 0.335 e. The van der Waals surface area contributed by atoms with Gasteiger partial charge < -0.3 is 5.11 Å². The standard InChI is InChI=1S/C19H18N2O2S/c1-12-2-7-17-15(8-12)9-16(10-20)18(21-17)24-11-13-3-5-14(6-4-13)19(22)23/h3-6,9,12H,2,7-8,11H2,1H3,(H,22,23). The molecule has 0 fully saturated rings. The van der Waals surface area contributed by atoms with E-state index in [1.807, 2.05) is 18.2 Å². The number of carboxylic acids is 1. The first-order chi connectivity index (χ1) is 11.6. The normalized spacial score (nSPS) is 16.2. The molecule has 122 valence electrons. The van der Waals surface area contributed by atoms with Gasteiger partial charge in [0.05, 0.1) is 11.1 Å². The zero-order valence-corrected chi connectivity index (χ0v) is 14.3. The highest BCUT2D eigenvalue weighted by molar-refractivity contribution is 7.98. The fourth-order valence-corrected chi connectivity index (χ4v) is 3.84. The molecule has 0 radical (unpaired) electrons. The van der Waals surface area contributed by atoms with E-state index in [0.717, 1.165) is 35.5 Å². The highest BCUT2D eigenvalue weighted by atomic mass is 32.2. The first kappa shape index (κ1) is 16.5. The third-order valence-corrected chi connectivity index (χ3v) is 5.36. The minimum absolute atomic E-state index is 0.280. The van der Waals surface area contributed by atoms with Crippen LogP contribution in [-0.4, -0.2) is 16.1 Å². The number of benzene rings is 1. The second kappa shape index (κ2) is 7.06. The Hall–Kier alpha value is -2.32. The molecule has 1 atom stereocenters. The van der Waals surface area contributed by atoms with Gasteiger partial charge in [0.2, 0.25) is 0 Å². The second-order valence-electron chi connectivity index (χ2n) is 6.20. The van der Waals surface area contributed by atoms with E-state index in [1.165, 1.54) is 17.3 Å². The summed E-state index contributed by atoms with van der Waals surface area (Å²) in [6.07, 6.45) is 3.12. The molecular formula is C19H18N2O2S. The predicted octanol–water partition coefficient (Wildman–Crippen LogP) is 4.07. The lowest BCUT2D eigenvalue weighted by molar-refractivity contribution is 0.0697. The van der Waals surface area contributed by atoms with Gasteiger partial charge in [0.15, 0.2) is 0 Å². The van der Waals surface area contributed by atoms with Gasteiger partial charge in [-0.25, -0.2) is 9.78 Å². The number of thioether (sulfide) groups is 1. The maximum absolute atomic E-state index is 10.9. The number of fused-ring (bicyclic) bond motifs is 1. The Kier molecular flexibility index (Phi) is 4.86. The van der Waals surface area contributed by atoms with Crippen LogP contribution in [0, 0.1) is 17.2 Å². The molecule has 1 aliphatic rings. The van der Waals surface area contributed by atoms with Gasteiger partial charge in [0.25, 0.3) is 0 Å². The van der Waals surface area contributed by atoms with E-state index in [9.17, 15) is 10.1 Å². The third kappa shape index (κ3) is 3.60. The number of rotatable bonds is 4. The van der Waals surface area contributed by atoms with Crippen molar-refractivity contribution in [2.45, 2.75) is 37.0 Å². The number of aromatic nitrogens is 1. The average molecular weight is 338 g/mol. The largest absolute Gasteiger partial charge is 0.478 e. The fraction of sp³-hybridized carbons (Fsp3) is 0.316. The molecule has 0 saturated carbocycles. The van der Waals surface area contributed by atoms with Gasteiger partial charge in [-0.1, -0.05) is 19.1 Å². The van der Waals surface area contributed by atoms with Crippen LogP contribution in [0.5, 0.6) is 0 Å². The van der Waals surface area contributed by atoms with E-state index < -0.39 is 5.97 Å². The summed E-state index contributed by atoms with van der Waals surface area (Å²) in [5.41, 5.74) is 4.26. The summed E-state index contributed by atoms with van der Waals surface area (Å²) in [5.74, 6) is 0.389. The number of carboxylic acid groups (broad SMARTS) is 1. The molecule has 1 aliphatic carbocycles.